The molecule has 2 aromatic rings. The number of nitrogens with zero attached hydrogens (tertiary/aromatic N) is 1. The topological polar surface area (TPSA) is 61.4 Å². The Morgan fingerprint density at radius 3 is 2.56 bits per heavy atom. The molecule has 2 amide bonds. The zero-order valence-corrected chi connectivity index (χ0v) is 16.5. The van der Waals surface area contributed by atoms with E-state index < -0.39 is 0 Å². The van der Waals surface area contributed by atoms with Crippen LogP contribution in [0, 0.1) is 0 Å². The van der Waals surface area contributed by atoms with Crippen molar-refractivity contribution >= 4 is 46.4 Å². The maximum atomic E-state index is 12.2. The Labute approximate surface area is 168 Å². The summed E-state index contributed by atoms with van der Waals surface area (Å²) in [6.45, 7) is 2.83. The lowest BCUT2D eigenvalue weighted by Gasteiger charge is -2.17. The third kappa shape index (κ3) is 5.01. The van der Waals surface area contributed by atoms with Gasteiger partial charge >= 0.3 is 0 Å². The predicted octanol–water partition coefficient (Wildman–Crippen LogP) is 4.41. The molecule has 3 rings (SSSR count). The van der Waals surface area contributed by atoms with Crippen LogP contribution < -0.4 is 15.5 Å². The first-order valence-electron chi connectivity index (χ1n) is 8.82. The fraction of sp³-hybridized carbons (Fsp3) is 0.300. The molecule has 7 heteroatoms. The van der Waals surface area contributed by atoms with Crippen molar-refractivity contribution in [3.63, 3.8) is 0 Å². The van der Waals surface area contributed by atoms with E-state index in [1.165, 1.54) is 0 Å². The van der Waals surface area contributed by atoms with Gasteiger partial charge in [-0.2, -0.15) is 0 Å². The molecule has 1 unspecified atom stereocenters. The molecule has 1 aliphatic rings. The lowest BCUT2D eigenvalue weighted by Crippen LogP contribution is -2.30. The van der Waals surface area contributed by atoms with Crippen molar-refractivity contribution in [3.8, 4) is 0 Å². The van der Waals surface area contributed by atoms with Crippen LogP contribution in [0.25, 0.3) is 0 Å². The van der Waals surface area contributed by atoms with Crippen molar-refractivity contribution in [3.05, 3.63) is 58.1 Å². The zero-order chi connectivity index (χ0) is 19.4. The SMILES string of the molecule is CC(NCC(=O)Nc1ccc(N2CCCC2=O)cc1)c1ccc(Cl)cc1Cl. The summed E-state index contributed by atoms with van der Waals surface area (Å²) < 4.78 is 0. The van der Waals surface area contributed by atoms with Gasteiger partial charge in [-0.15, -0.1) is 0 Å². The molecule has 0 aromatic heterocycles. The molecule has 0 bridgehead atoms. The largest absolute Gasteiger partial charge is 0.325 e. The van der Waals surface area contributed by atoms with E-state index in [0.29, 0.717) is 22.2 Å². The zero-order valence-electron chi connectivity index (χ0n) is 15.0. The minimum atomic E-state index is -0.156. The average molecular weight is 406 g/mol. The van der Waals surface area contributed by atoms with Gasteiger partial charge in [-0.05, 0) is 55.3 Å². The number of carbonyl (C=O) groups excluding carboxylic acids is 2. The maximum Gasteiger partial charge on any atom is 0.238 e. The van der Waals surface area contributed by atoms with Crippen LogP contribution in [0.4, 0.5) is 11.4 Å². The van der Waals surface area contributed by atoms with Crippen LogP contribution in [0.5, 0.6) is 0 Å². The van der Waals surface area contributed by atoms with Crippen LogP contribution in [0.2, 0.25) is 10.0 Å². The average Bonchev–Trinajstić information content (AvgIpc) is 3.06. The second-order valence-corrected chi connectivity index (χ2v) is 7.36. The van der Waals surface area contributed by atoms with Crippen molar-refractivity contribution in [1.82, 2.24) is 5.32 Å². The van der Waals surface area contributed by atoms with Crippen LogP contribution in [0.15, 0.2) is 42.5 Å². The van der Waals surface area contributed by atoms with E-state index in [0.717, 1.165) is 24.2 Å². The Morgan fingerprint density at radius 1 is 1.19 bits per heavy atom. The summed E-state index contributed by atoms with van der Waals surface area (Å²) in [7, 11) is 0. The van der Waals surface area contributed by atoms with E-state index >= 15 is 0 Å². The van der Waals surface area contributed by atoms with Gasteiger partial charge in [0.15, 0.2) is 0 Å². The molecule has 0 spiro atoms. The normalized spacial score (nSPS) is 15.1. The molecule has 1 aliphatic heterocycles. The van der Waals surface area contributed by atoms with Crippen molar-refractivity contribution in [1.29, 1.82) is 0 Å². The highest BCUT2D eigenvalue weighted by atomic mass is 35.5. The van der Waals surface area contributed by atoms with Gasteiger partial charge in [0.25, 0.3) is 0 Å². The van der Waals surface area contributed by atoms with Gasteiger partial charge in [0, 0.05) is 40.4 Å². The Balaban J connectivity index is 1.52. The first kappa shape index (κ1) is 19.7. The number of amides is 2. The third-order valence-electron chi connectivity index (χ3n) is 4.53. The van der Waals surface area contributed by atoms with E-state index in [-0.39, 0.29) is 24.4 Å². The molecule has 1 atom stereocenters. The highest BCUT2D eigenvalue weighted by Gasteiger charge is 2.21. The molecule has 1 heterocycles. The Hall–Kier alpha value is -2.08. The smallest absolute Gasteiger partial charge is 0.238 e. The second kappa shape index (κ2) is 8.74. The van der Waals surface area contributed by atoms with Crippen molar-refractivity contribution in [2.24, 2.45) is 0 Å². The standard InChI is InChI=1S/C20H21Cl2N3O2/c1-13(17-9-4-14(21)11-18(17)22)23-12-19(26)24-15-5-7-16(8-6-15)25-10-2-3-20(25)27/h4-9,11,13,23H,2-3,10,12H2,1H3,(H,24,26). The summed E-state index contributed by atoms with van der Waals surface area (Å²) >= 11 is 12.1. The van der Waals surface area contributed by atoms with Crippen molar-refractivity contribution in [2.45, 2.75) is 25.8 Å². The lowest BCUT2D eigenvalue weighted by molar-refractivity contribution is -0.117. The molecule has 1 saturated heterocycles. The molecular weight excluding hydrogens is 385 g/mol. The molecular formula is C20H21Cl2N3O2. The summed E-state index contributed by atoms with van der Waals surface area (Å²) in [5, 5.41) is 7.13. The van der Waals surface area contributed by atoms with Gasteiger partial charge in [-0.25, -0.2) is 0 Å². The van der Waals surface area contributed by atoms with E-state index in [4.69, 9.17) is 23.2 Å². The fourth-order valence-electron chi connectivity index (χ4n) is 3.06. The number of hydrogen-bond donors (Lipinski definition) is 2. The summed E-state index contributed by atoms with van der Waals surface area (Å²) in [6.07, 6.45) is 1.48. The quantitative estimate of drug-likeness (QED) is 0.747. The minimum absolute atomic E-state index is 0.0935. The molecule has 0 saturated carbocycles. The summed E-state index contributed by atoms with van der Waals surface area (Å²) in [4.78, 5) is 25.7. The molecule has 2 aromatic carbocycles. The molecule has 0 aliphatic carbocycles. The first-order chi connectivity index (χ1) is 12.9. The van der Waals surface area contributed by atoms with Gasteiger partial charge in [0.2, 0.25) is 11.8 Å². The number of hydrogen-bond acceptors (Lipinski definition) is 3. The molecule has 27 heavy (non-hydrogen) atoms. The number of benzene rings is 2. The van der Waals surface area contributed by atoms with Crippen LogP contribution >= 0.6 is 23.2 Å². The number of nitrogens with one attached hydrogen (secondary N) is 2. The van der Waals surface area contributed by atoms with Crippen LogP contribution in [-0.4, -0.2) is 24.9 Å². The van der Waals surface area contributed by atoms with Gasteiger partial charge in [-0.1, -0.05) is 29.3 Å². The number of halogens is 2. The Kier molecular flexibility index (Phi) is 6.37. The van der Waals surface area contributed by atoms with E-state index in [1.807, 2.05) is 25.1 Å². The summed E-state index contributed by atoms with van der Waals surface area (Å²) in [6, 6.07) is 12.5. The summed E-state index contributed by atoms with van der Waals surface area (Å²) in [5.41, 5.74) is 2.43. The highest BCUT2D eigenvalue weighted by Crippen LogP contribution is 2.26. The number of rotatable bonds is 6. The monoisotopic (exact) mass is 405 g/mol. The van der Waals surface area contributed by atoms with Gasteiger partial charge < -0.3 is 15.5 Å². The Bertz CT molecular complexity index is 840. The van der Waals surface area contributed by atoms with Gasteiger partial charge in [-0.3, -0.25) is 9.59 Å². The van der Waals surface area contributed by atoms with Gasteiger partial charge in [0.05, 0.1) is 6.54 Å². The van der Waals surface area contributed by atoms with E-state index in [1.54, 1.807) is 29.2 Å². The first-order valence-corrected chi connectivity index (χ1v) is 9.58. The second-order valence-electron chi connectivity index (χ2n) is 6.51. The third-order valence-corrected chi connectivity index (χ3v) is 5.10. The van der Waals surface area contributed by atoms with Gasteiger partial charge in [0.1, 0.15) is 0 Å². The molecule has 0 radical (unpaired) electrons. The molecule has 1 fully saturated rings. The molecule has 2 N–H and O–H groups in total. The fourth-order valence-corrected chi connectivity index (χ4v) is 3.63. The Morgan fingerprint density at radius 2 is 1.93 bits per heavy atom. The van der Waals surface area contributed by atoms with Crippen molar-refractivity contribution in [2.75, 3.05) is 23.3 Å². The number of carbonyl (C=O) groups is 2. The van der Waals surface area contributed by atoms with Crippen LogP contribution in [-0.2, 0) is 9.59 Å². The summed E-state index contributed by atoms with van der Waals surface area (Å²) in [5.74, 6) is -0.0113. The predicted molar refractivity (Wildman–Crippen MR) is 110 cm³/mol. The highest BCUT2D eigenvalue weighted by molar-refractivity contribution is 6.35. The van der Waals surface area contributed by atoms with Crippen LogP contribution in [0.1, 0.15) is 31.4 Å². The number of anilines is 2. The lowest BCUT2D eigenvalue weighted by atomic mass is 10.1. The maximum absolute atomic E-state index is 12.2. The van der Waals surface area contributed by atoms with E-state index in [9.17, 15) is 9.59 Å². The molecule has 142 valence electrons. The van der Waals surface area contributed by atoms with Crippen molar-refractivity contribution < 1.29 is 9.59 Å². The minimum Gasteiger partial charge on any atom is -0.325 e. The molecule has 5 nitrogen and oxygen atoms in total. The van der Waals surface area contributed by atoms with Crippen LogP contribution in [0.3, 0.4) is 0 Å². The van der Waals surface area contributed by atoms with E-state index in [2.05, 4.69) is 10.6 Å².